The van der Waals surface area contributed by atoms with Crippen molar-refractivity contribution in [3.63, 3.8) is 0 Å². The van der Waals surface area contributed by atoms with E-state index >= 15 is 0 Å². The van der Waals surface area contributed by atoms with Crippen LogP contribution in [0.5, 0.6) is 0 Å². The first-order chi connectivity index (χ1) is 15.3. The number of anilines is 1. The summed E-state index contributed by atoms with van der Waals surface area (Å²) < 4.78 is 95.7. The summed E-state index contributed by atoms with van der Waals surface area (Å²) in [5.74, 6) is 3.09. The van der Waals surface area contributed by atoms with E-state index < -0.39 is 58.8 Å². The molecule has 6 nitrogen and oxygen atoms in total. The number of carbonyl (C=O) groups excluding carboxylic acids is 1. The van der Waals surface area contributed by atoms with Crippen LogP contribution in [-0.2, 0) is 18.3 Å². The van der Waals surface area contributed by atoms with Gasteiger partial charge in [0.15, 0.2) is 5.69 Å². The highest BCUT2D eigenvalue weighted by molar-refractivity contribution is 5.95. The number of benzene rings is 1. The van der Waals surface area contributed by atoms with Gasteiger partial charge < -0.3 is 10.6 Å². The maximum Gasteiger partial charge on any atom is 0.433 e. The van der Waals surface area contributed by atoms with Crippen LogP contribution in [0.1, 0.15) is 29.7 Å². The van der Waals surface area contributed by atoms with E-state index in [0.29, 0.717) is 29.8 Å². The van der Waals surface area contributed by atoms with Crippen LogP contribution in [0.15, 0.2) is 29.3 Å². The third-order valence-electron chi connectivity index (χ3n) is 5.12. The number of amides is 2. The number of aromatic nitrogens is 2. The smallest absolute Gasteiger partial charge is 0.310 e. The normalized spacial score (nSPS) is 20.3. The zero-order valence-corrected chi connectivity index (χ0v) is 16.4. The second-order valence-electron chi connectivity index (χ2n) is 7.60. The van der Waals surface area contributed by atoms with Crippen LogP contribution >= 0.6 is 0 Å². The lowest BCUT2D eigenvalue weighted by atomic mass is 9.85. The number of carbonyl (C=O) groups is 1. The van der Waals surface area contributed by atoms with Gasteiger partial charge in [0.25, 0.3) is 5.56 Å². The van der Waals surface area contributed by atoms with Gasteiger partial charge in [-0.3, -0.25) is 9.36 Å². The summed E-state index contributed by atoms with van der Waals surface area (Å²) >= 11 is 0. The van der Waals surface area contributed by atoms with Gasteiger partial charge in [0.05, 0.1) is 12.9 Å². The predicted molar refractivity (Wildman–Crippen MR) is 99.4 cm³/mol. The molecule has 2 aliphatic rings. The van der Waals surface area contributed by atoms with Crippen LogP contribution in [0.3, 0.4) is 0 Å². The Morgan fingerprint density at radius 2 is 1.82 bits per heavy atom. The fourth-order valence-corrected chi connectivity index (χ4v) is 3.26. The predicted octanol–water partition coefficient (Wildman–Crippen LogP) is 3.76. The highest BCUT2D eigenvalue weighted by Crippen LogP contribution is 2.45. The van der Waals surface area contributed by atoms with E-state index in [1.54, 1.807) is 5.32 Å². The molecule has 2 heterocycles. The van der Waals surface area contributed by atoms with Gasteiger partial charge in [0, 0.05) is 28.8 Å². The second-order valence-corrected chi connectivity index (χ2v) is 7.60. The van der Waals surface area contributed by atoms with Gasteiger partial charge in [0.1, 0.15) is 5.82 Å². The third-order valence-corrected chi connectivity index (χ3v) is 5.12. The molecule has 33 heavy (non-hydrogen) atoms. The molecule has 1 aliphatic carbocycles. The van der Waals surface area contributed by atoms with E-state index in [2.05, 4.69) is 22.1 Å². The number of rotatable bonds is 2. The Hall–Kier alpha value is -3.56. The van der Waals surface area contributed by atoms with Crippen molar-refractivity contribution in [1.82, 2.24) is 14.9 Å². The van der Waals surface area contributed by atoms with Crippen LogP contribution in [0, 0.1) is 23.6 Å². The Bertz CT molecular complexity index is 1250. The first kappa shape index (κ1) is 22.6. The van der Waals surface area contributed by atoms with Crippen LogP contribution in [-0.4, -0.2) is 21.8 Å². The van der Waals surface area contributed by atoms with Gasteiger partial charge in [-0.15, -0.1) is 0 Å². The fraction of sp³-hybridized carbons (Fsp3) is 0.350. The molecule has 0 unspecified atom stereocenters. The lowest BCUT2D eigenvalue weighted by Gasteiger charge is -2.37. The number of fused-ring (bicyclic) bond motifs is 1. The van der Waals surface area contributed by atoms with Gasteiger partial charge >= 0.3 is 18.4 Å². The fourth-order valence-electron chi connectivity index (χ4n) is 3.26. The molecule has 4 rings (SSSR count). The highest BCUT2D eigenvalue weighted by atomic mass is 19.4. The van der Waals surface area contributed by atoms with Crippen molar-refractivity contribution in [3.8, 4) is 11.8 Å². The van der Waals surface area contributed by atoms with E-state index in [1.807, 2.05) is 0 Å². The molecule has 1 aromatic heterocycles. The van der Waals surface area contributed by atoms with Crippen molar-refractivity contribution in [2.75, 3.05) is 5.32 Å². The van der Waals surface area contributed by atoms with Crippen molar-refractivity contribution in [1.29, 1.82) is 0 Å². The lowest BCUT2D eigenvalue weighted by Crippen LogP contribution is -2.59. The summed E-state index contributed by atoms with van der Waals surface area (Å²) in [6.45, 7) is -0.640. The summed E-state index contributed by atoms with van der Waals surface area (Å²) in [5, 5.41) is 3.90. The molecule has 1 atom stereocenters. The maximum atomic E-state index is 14.8. The van der Waals surface area contributed by atoms with Crippen molar-refractivity contribution < 1.29 is 35.5 Å². The average Bonchev–Trinajstić information content (AvgIpc) is 3.51. The molecule has 1 aromatic carbocycles. The quantitative estimate of drug-likeness (QED) is 0.514. The largest absolute Gasteiger partial charge is 0.433 e. The van der Waals surface area contributed by atoms with E-state index in [4.69, 9.17) is 0 Å². The molecule has 13 heteroatoms. The number of nitrogens with zero attached hydrogens (tertiary/aromatic N) is 2. The summed E-state index contributed by atoms with van der Waals surface area (Å²) in [5.41, 5.74) is -7.19. The molecule has 2 aromatic rings. The van der Waals surface area contributed by atoms with Gasteiger partial charge in [0.2, 0.25) is 5.54 Å². The Kier molecular flexibility index (Phi) is 5.14. The minimum Gasteiger partial charge on any atom is -0.310 e. The molecule has 0 radical (unpaired) electrons. The lowest BCUT2D eigenvalue weighted by molar-refractivity contribution is -0.178. The molecule has 1 aliphatic heterocycles. The molecule has 0 bridgehead atoms. The summed E-state index contributed by atoms with van der Waals surface area (Å²) in [7, 11) is 0. The zero-order chi connectivity index (χ0) is 24.2. The number of hydrogen-bond acceptors (Lipinski definition) is 3. The van der Waals surface area contributed by atoms with Gasteiger partial charge in [-0.1, -0.05) is 11.8 Å². The Balaban J connectivity index is 1.77. The van der Waals surface area contributed by atoms with Crippen molar-refractivity contribution in [3.05, 3.63) is 57.5 Å². The number of urea groups is 1. The number of hydrogen-bond donors (Lipinski definition) is 2. The van der Waals surface area contributed by atoms with Gasteiger partial charge in [-0.2, -0.15) is 26.3 Å². The summed E-state index contributed by atoms with van der Waals surface area (Å²) in [4.78, 5) is 27.1. The highest BCUT2D eigenvalue weighted by Gasteiger charge is 2.59. The second kappa shape index (κ2) is 7.50. The van der Waals surface area contributed by atoms with Crippen LogP contribution < -0.4 is 16.2 Å². The molecule has 0 spiro atoms. The molecule has 0 saturated heterocycles. The van der Waals surface area contributed by atoms with Crippen molar-refractivity contribution >= 4 is 11.7 Å². The monoisotopic (exact) mass is 474 g/mol. The molecule has 2 N–H and O–H groups in total. The Morgan fingerprint density at radius 1 is 1.12 bits per heavy atom. The van der Waals surface area contributed by atoms with E-state index in [-0.39, 0.29) is 17.5 Å². The average molecular weight is 474 g/mol. The van der Waals surface area contributed by atoms with E-state index in [9.17, 15) is 40.3 Å². The third kappa shape index (κ3) is 4.24. The van der Waals surface area contributed by atoms with Crippen LogP contribution in [0.25, 0.3) is 0 Å². The van der Waals surface area contributed by atoms with E-state index in [0.717, 1.165) is 6.07 Å². The summed E-state index contributed by atoms with van der Waals surface area (Å²) in [6, 6.07) is 0.405. The zero-order valence-electron chi connectivity index (χ0n) is 16.4. The standard InChI is InChI=1S/C20H13F7N4O2/c21-13-6-12-14(5-11(13)8-31-9-28-15(7-16(31)32)19(22,23)24)29-17(33)30-18(12,20(25,26)27)4-3-10-1-2-10/h5-7,9-10H,1-2,8H2,(H2,29,30,33)/t18-/m0/s1. The molecular formula is C20H13F7N4O2. The molecule has 1 fully saturated rings. The van der Waals surface area contributed by atoms with Crippen LogP contribution in [0.2, 0.25) is 0 Å². The van der Waals surface area contributed by atoms with Crippen molar-refractivity contribution in [2.24, 2.45) is 5.92 Å². The number of alkyl halides is 6. The van der Waals surface area contributed by atoms with Gasteiger partial charge in [-0.25, -0.2) is 14.2 Å². The maximum absolute atomic E-state index is 14.8. The first-order valence-electron chi connectivity index (χ1n) is 9.45. The molecule has 2 amide bonds. The SMILES string of the molecule is O=C1Nc2cc(Cn3cnc(C(F)(F)F)cc3=O)c(F)cc2[C@@](C#CC2CC2)(C(F)(F)F)N1. The Morgan fingerprint density at radius 3 is 2.39 bits per heavy atom. The first-order valence-corrected chi connectivity index (χ1v) is 9.45. The van der Waals surface area contributed by atoms with Crippen molar-refractivity contribution in [2.45, 2.75) is 37.3 Å². The Labute approximate surface area is 180 Å². The van der Waals surface area contributed by atoms with Crippen LogP contribution in [0.4, 0.5) is 41.2 Å². The number of halogens is 7. The molecular weight excluding hydrogens is 461 g/mol. The summed E-state index contributed by atoms with van der Waals surface area (Å²) in [6.07, 6.45) is -8.18. The molecule has 1 saturated carbocycles. The van der Waals surface area contributed by atoms with Gasteiger partial charge in [-0.05, 0) is 25.0 Å². The number of nitrogens with one attached hydrogen (secondary N) is 2. The topological polar surface area (TPSA) is 76.0 Å². The molecule has 174 valence electrons. The minimum atomic E-state index is -5.09. The minimum absolute atomic E-state index is 0.212. The van der Waals surface area contributed by atoms with E-state index in [1.165, 1.54) is 0 Å².